The number of benzene rings is 2. The lowest BCUT2D eigenvalue weighted by Crippen LogP contribution is -2.42. The van der Waals surface area contributed by atoms with Gasteiger partial charge in [0.05, 0.1) is 4.92 Å². The fourth-order valence-electron chi connectivity index (χ4n) is 4.40. The van der Waals surface area contributed by atoms with Gasteiger partial charge in [0.1, 0.15) is 40.7 Å². The second kappa shape index (κ2) is 11.1. The van der Waals surface area contributed by atoms with E-state index in [0.29, 0.717) is 12.2 Å². The van der Waals surface area contributed by atoms with Crippen molar-refractivity contribution in [3.63, 3.8) is 0 Å². The Balaban J connectivity index is 1.83. The van der Waals surface area contributed by atoms with Gasteiger partial charge in [-0.3, -0.25) is 15.0 Å². The molecular weight excluding hydrogens is 492 g/mol. The Bertz CT molecular complexity index is 1220. The molecule has 0 saturated heterocycles. The Labute approximate surface area is 223 Å². The minimum absolute atomic E-state index is 0.0764. The molecule has 2 aromatic carbocycles. The highest BCUT2D eigenvalue weighted by molar-refractivity contribution is 5.90. The third kappa shape index (κ3) is 6.30. The number of nitro groups is 1. The summed E-state index contributed by atoms with van der Waals surface area (Å²) in [6.45, 7) is 13.6. The molecular formula is C28H38N2O8. The van der Waals surface area contributed by atoms with Crippen molar-refractivity contribution in [3.05, 3.63) is 50.6 Å². The number of rotatable bonds is 8. The lowest BCUT2D eigenvalue weighted by Gasteiger charge is -2.38. The molecule has 208 valence electrons. The van der Waals surface area contributed by atoms with Crippen molar-refractivity contribution in [2.24, 2.45) is 0 Å². The van der Waals surface area contributed by atoms with Crippen LogP contribution in [0.25, 0.3) is 0 Å². The van der Waals surface area contributed by atoms with Gasteiger partial charge >= 0.3 is 6.09 Å². The number of fused-ring (bicyclic) bond motifs is 1. The summed E-state index contributed by atoms with van der Waals surface area (Å²) in [4.78, 5) is 24.8. The van der Waals surface area contributed by atoms with Crippen molar-refractivity contribution in [2.45, 2.75) is 72.5 Å². The van der Waals surface area contributed by atoms with Gasteiger partial charge in [0.15, 0.2) is 6.79 Å². The minimum Gasteiger partial charge on any atom is -0.489 e. The number of amides is 1. The molecule has 1 amide bonds. The van der Waals surface area contributed by atoms with E-state index in [2.05, 4.69) is 0 Å². The van der Waals surface area contributed by atoms with Crippen LogP contribution in [0.2, 0.25) is 0 Å². The van der Waals surface area contributed by atoms with Gasteiger partial charge in [-0.1, -0.05) is 0 Å². The Morgan fingerprint density at radius 1 is 1.16 bits per heavy atom. The summed E-state index contributed by atoms with van der Waals surface area (Å²) in [7, 11) is 3.02. The number of nitrogens with zero attached hydrogens (tertiary/aromatic N) is 2. The molecule has 0 saturated carbocycles. The summed E-state index contributed by atoms with van der Waals surface area (Å²) in [5.74, 6) is 2.03. The van der Waals surface area contributed by atoms with Gasteiger partial charge in [-0.25, -0.2) is 4.79 Å². The van der Waals surface area contributed by atoms with Crippen molar-refractivity contribution in [1.29, 1.82) is 0 Å². The van der Waals surface area contributed by atoms with Gasteiger partial charge in [0.25, 0.3) is 5.69 Å². The van der Waals surface area contributed by atoms with Gasteiger partial charge in [-0.2, -0.15) is 0 Å². The van der Waals surface area contributed by atoms with Crippen LogP contribution in [-0.4, -0.2) is 49.8 Å². The largest absolute Gasteiger partial charge is 0.489 e. The van der Waals surface area contributed by atoms with Crippen LogP contribution in [0, 0.1) is 30.9 Å². The Hall–Kier alpha value is -3.53. The molecule has 0 N–H and O–H groups in total. The zero-order valence-electron chi connectivity index (χ0n) is 23.7. The average molecular weight is 531 g/mol. The molecule has 38 heavy (non-hydrogen) atoms. The van der Waals surface area contributed by atoms with Crippen molar-refractivity contribution < 1.29 is 33.4 Å². The maximum absolute atomic E-state index is 12.6. The number of ether oxygens (including phenoxy) is 5. The number of hydrogen-bond donors (Lipinski definition) is 0. The highest BCUT2D eigenvalue weighted by atomic mass is 16.7. The fourth-order valence-corrected chi connectivity index (χ4v) is 4.40. The summed E-state index contributed by atoms with van der Waals surface area (Å²) < 4.78 is 28.9. The molecule has 0 radical (unpaired) electrons. The van der Waals surface area contributed by atoms with Crippen molar-refractivity contribution in [2.75, 3.05) is 32.5 Å². The first-order chi connectivity index (χ1) is 17.7. The Morgan fingerprint density at radius 3 is 2.45 bits per heavy atom. The maximum Gasteiger partial charge on any atom is 0.414 e. The molecule has 0 aliphatic carbocycles. The lowest BCUT2D eigenvalue weighted by atomic mass is 9.87. The zero-order valence-corrected chi connectivity index (χ0v) is 23.7. The van der Waals surface area contributed by atoms with Crippen molar-refractivity contribution in [1.82, 2.24) is 0 Å². The first-order valence-electron chi connectivity index (χ1n) is 12.5. The van der Waals surface area contributed by atoms with Gasteiger partial charge in [0, 0.05) is 31.9 Å². The summed E-state index contributed by atoms with van der Waals surface area (Å²) in [5, 5.41) is 11.6. The molecule has 0 fully saturated rings. The average Bonchev–Trinajstić information content (AvgIpc) is 2.84. The van der Waals surface area contributed by atoms with Crippen LogP contribution in [0.5, 0.6) is 17.2 Å². The molecule has 1 aliphatic heterocycles. The molecule has 1 aliphatic rings. The first-order valence-corrected chi connectivity index (χ1v) is 12.5. The Morgan fingerprint density at radius 2 is 1.84 bits per heavy atom. The summed E-state index contributed by atoms with van der Waals surface area (Å²) in [6.07, 6.45) is 0.773. The smallest absolute Gasteiger partial charge is 0.414 e. The van der Waals surface area contributed by atoms with Gasteiger partial charge in [-0.15, -0.1) is 0 Å². The molecule has 1 atom stereocenters. The van der Waals surface area contributed by atoms with Crippen molar-refractivity contribution >= 4 is 17.5 Å². The molecule has 0 aromatic heterocycles. The standard InChI is InChI=1S/C28H38N2O8/c1-17-18(2)25-21(19(3)24(17)36-16-34-9)12-13-28(7,37-25)15-35-20-10-11-22(30(32)33)23(14-20)29(8)26(31)38-27(4,5)6/h10-11,14H,12-13,15-16H2,1-9H3. The fraction of sp³-hybridized carbons (Fsp3) is 0.536. The van der Waals surface area contributed by atoms with Crippen LogP contribution in [0.4, 0.5) is 16.2 Å². The quantitative estimate of drug-likeness (QED) is 0.231. The lowest BCUT2D eigenvalue weighted by molar-refractivity contribution is -0.384. The molecule has 1 unspecified atom stereocenters. The predicted octanol–water partition coefficient (Wildman–Crippen LogP) is 6.04. The molecule has 0 spiro atoms. The van der Waals surface area contributed by atoms with E-state index in [4.69, 9.17) is 23.7 Å². The molecule has 10 heteroatoms. The predicted molar refractivity (Wildman–Crippen MR) is 144 cm³/mol. The van der Waals surface area contributed by atoms with Crippen LogP contribution in [0.1, 0.15) is 56.4 Å². The number of carbonyl (C=O) groups is 1. The van der Waals surface area contributed by atoms with Crippen LogP contribution >= 0.6 is 0 Å². The van der Waals surface area contributed by atoms with Crippen LogP contribution < -0.4 is 19.1 Å². The number of hydrogen-bond acceptors (Lipinski definition) is 8. The van der Waals surface area contributed by atoms with E-state index < -0.39 is 22.2 Å². The highest BCUT2D eigenvalue weighted by Gasteiger charge is 2.36. The third-order valence-corrected chi connectivity index (χ3v) is 6.60. The highest BCUT2D eigenvalue weighted by Crippen LogP contribution is 2.44. The topological polar surface area (TPSA) is 110 Å². The van der Waals surface area contributed by atoms with E-state index in [1.54, 1.807) is 27.9 Å². The normalized spacial score (nSPS) is 16.8. The van der Waals surface area contributed by atoms with Gasteiger partial charge in [0.2, 0.25) is 0 Å². The number of nitro benzene ring substituents is 1. The SMILES string of the molecule is COCOc1c(C)c(C)c2c(c1C)CCC(C)(COc1ccc([N+](=O)[O-])c(N(C)C(=O)OC(C)(C)C)c1)O2. The number of carbonyl (C=O) groups excluding carboxylic acids is 1. The van der Waals surface area contributed by atoms with Crippen LogP contribution in [-0.2, 0) is 15.9 Å². The van der Waals surface area contributed by atoms with E-state index in [-0.39, 0.29) is 24.8 Å². The van der Waals surface area contributed by atoms with E-state index in [9.17, 15) is 14.9 Å². The van der Waals surface area contributed by atoms with E-state index in [1.165, 1.54) is 25.2 Å². The zero-order chi connectivity index (χ0) is 28.4. The summed E-state index contributed by atoms with van der Waals surface area (Å²) in [5.41, 5.74) is 2.60. The molecule has 3 rings (SSSR count). The molecule has 0 bridgehead atoms. The number of methoxy groups -OCH3 is 1. The van der Waals surface area contributed by atoms with E-state index in [0.717, 1.165) is 45.1 Å². The summed E-state index contributed by atoms with van der Waals surface area (Å²) >= 11 is 0. The Kier molecular flexibility index (Phi) is 8.45. The second-order valence-corrected chi connectivity index (χ2v) is 10.9. The molecule has 10 nitrogen and oxygen atoms in total. The van der Waals surface area contributed by atoms with Crippen LogP contribution in [0.15, 0.2) is 18.2 Å². The number of anilines is 1. The van der Waals surface area contributed by atoms with E-state index >= 15 is 0 Å². The first kappa shape index (κ1) is 29.0. The molecule has 2 aromatic rings. The second-order valence-electron chi connectivity index (χ2n) is 10.9. The van der Waals surface area contributed by atoms with Gasteiger partial charge < -0.3 is 23.7 Å². The maximum atomic E-state index is 12.6. The van der Waals surface area contributed by atoms with Crippen molar-refractivity contribution in [3.8, 4) is 17.2 Å². The van der Waals surface area contributed by atoms with Gasteiger partial charge in [-0.05, 0) is 84.1 Å². The van der Waals surface area contributed by atoms with Crippen LogP contribution in [0.3, 0.4) is 0 Å². The third-order valence-electron chi connectivity index (χ3n) is 6.60. The minimum atomic E-state index is -0.747. The molecule has 1 heterocycles. The monoisotopic (exact) mass is 530 g/mol. The van der Waals surface area contributed by atoms with E-state index in [1.807, 2.05) is 27.7 Å². The summed E-state index contributed by atoms with van der Waals surface area (Å²) in [6, 6.07) is 4.31.